The minimum atomic E-state index is 0.307. The van der Waals surface area contributed by atoms with Crippen LogP contribution in [-0.4, -0.2) is 43.3 Å². The lowest BCUT2D eigenvalue weighted by Gasteiger charge is -2.44. The Bertz CT molecular complexity index is 280. The molecule has 1 aliphatic carbocycles. The first-order valence-electron chi connectivity index (χ1n) is 7.49. The van der Waals surface area contributed by atoms with E-state index in [-0.39, 0.29) is 0 Å². The van der Waals surface area contributed by atoms with Gasteiger partial charge in [-0.25, -0.2) is 0 Å². The van der Waals surface area contributed by atoms with Crippen molar-refractivity contribution >= 4 is 0 Å². The standard InChI is InChI=1S/C15H30N2O/c1-11-13(7-9-18-11)17(4)10-12-6-5-8-15(2,3)14(12)16/h11-14H,5-10,16H2,1-4H3. The molecule has 1 saturated heterocycles. The van der Waals surface area contributed by atoms with Gasteiger partial charge in [0, 0.05) is 25.2 Å². The predicted molar refractivity (Wildman–Crippen MR) is 75.5 cm³/mol. The fourth-order valence-electron chi connectivity index (χ4n) is 3.81. The average molecular weight is 254 g/mol. The highest BCUT2D eigenvalue weighted by atomic mass is 16.5. The van der Waals surface area contributed by atoms with E-state index in [1.54, 1.807) is 0 Å². The number of hydrogen-bond donors (Lipinski definition) is 1. The number of nitrogens with two attached hydrogens (primary N) is 1. The van der Waals surface area contributed by atoms with Crippen LogP contribution in [0.2, 0.25) is 0 Å². The molecule has 2 aliphatic rings. The minimum absolute atomic E-state index is 0.307. The molecule has 0 radical (unpaired) electrons. The maximum absolute atomic E-state index is 6.48. The number of rotatable bonds is 3. The van der Waals surface area contributed by atoms with Crippen molar-refractivity contribution < 1.29 is 4.74 Å². The quantitative estimate of drug-likeness (QED) is 0.839. The van der Waals surface area contributed by atoms with E-state index < -0.39 is 0 Å². The van der Waals surface area contributed by atoms with Gasteiger partial charge in [-0.05, 0) is 44.6 Å². The molecular formula is C15H30N2O. The third-order valence-corrected chi connectivity index (χ3v) is 5.23. The Morgan fingerprint density at radius 3 is 2.67 bits per heavy atom. The summed E-state index contributed by atoms with van der Waals surface area (Å²) in [7, 11) is 2.24. The molecule has 2 rings (SSSR count). The van der Waals surface area contributed by atoms with Crippen LogP contribution < -0.4 is 5.73 Å². The van der Waals surface area contributed by atoms with Crippen LogP contribution in [0.4, 0.5) is 0 Å². The molecule has 1 aliphatic heterocycles. The van der Waals surface area contributed by atoms with E-state index in [9.17, 15) is 0 Å². The molecule has 4 atom stereocenters. The molecule has 3 nitrogen and oxygen atoms in total. The van der Waals surface area contributed by atoms with Crippen LogP contribution in [0.5, 0.6) is 0 Å². The van der Waals surface area contributed by atoms with Crippen molar-refractivity contribution in [1.29, 1.82) is 0 Å². The Kier molecular flexibility index (Phi) is 4.35. The van der Waals surface area contributed by atoms with E-state index >= 15 is 0 Å². The molecule has 0 amide bonds. The Morgan fingerprint density at radius 1 is 1.33 bits per heavy atom. The summed E-state index contributed by atoms with van der Waals surface area (Å²) in [5.41, 5.74) is 6.79. The SMILES string of the molecule is CC1OCCC1N(C)CC1CCCC(C)(C)C1N. The summed E-state index contributed by atoms with van der Waals surface area (Å²) in [5.74, 6) is 0.645. The first-order valence-corrected chi connectivity index (χ1v) is 7.49. The molecule has 106 valence electrons. The van der Waals surface area contributed by atoms with Crippen molar-refractivity contribution in [2.45, 2.75) is 64.6 Å². The molecule has 0 bridgehead atoms. The van der Waals surface area contributed by atoms with Gasteiger partial charge in [0.05, 0.1) is 6.10 Å². The van der Waals surface area contributed by atoms with E-state index in [1.807, 2.05) is 0 Å². The van der Waals surface area contributed by atoms with Gasteiger partial charge in [-0.15, -0.1) is 0 Å². The van der Waals surface area contributed by atoms with E-state index in [2.05, 4.69) is 32.7 Å². The van der Waals surface area contributed by atoms with Gasteiger partial charge in [-0.2, -0.15) is 0 Å². The van der Waals surface area contributed by atoms with E-state index in [1.165, 1.54) is 25.7 Å². The van der Waals surface area contributed by atoms with E-state index in [4.69, 9.17) is 10.5 Å². The topological polar surface area (TPSA) is 38.5 Å². The summed E-state index contributed by atoms with van der Waals surface area (Å²) < 4.78 is 5.67. The van der Waals surface area contributed by atoms with Gasteiger partial charge in [-0.3, -0.25) is 0 Å². The molecule has 3 heteroatoms. The van der Waals surface area contributed by atoms with Crippen LogP contribution >= 0.6 is 0 Å². The molecule has 1 saturated carbocycles. The monoisotopic (exact) mass is 254 g/mol. The summed E-state index contributed by atoms with van der Waals surface area (Å²) >= 11 is 0. The van der Waals surface area contributed by atoms with Crippen molar-refractivity contribution in [1.82, 2.24) is 4.90 Å². The molecule has 1 heterocycles. The lowest BCUT2D eigenvalue weighted by molar-refractivity contribution is 0.0588. The molecule has 18 heavy (non-hydrogen) atoms. The Labute approximate surface area is 112 Å². The average Bonchev–Trinajstić information content (AvgIpc) is 2.71. The normalized spacial score (nSPS) is 40.3. The zero-order valence-electron chi connectivity index (χ0n) is 12.5. The van der Waals surface area contributed by atoms with Crippen molar-refractivity contribution in [3.8, 4) is 0 Å². The maximum Gasteiger partial charge on any atom is 0.0702 e. The zero-order valence-corrected chi connectivity index (χ0v) is 12.5. The Morgan fingerprint density at radius 2 is 2.06 bits per heavy atom. The highest BCUT2D eigenvalue weighted by Crippen LogP contribution is 2.38. The van der Waals surface area contributed by atoms with Gasteiger partial charge in [0.2, 0.25) is 0 Å². The fraction of sp³-hybridized carbons (Fsp3) is 1.00. The van der Waals surface area contributed by atoms with Gasteiger partial charge >= 0.3 is 0 Å². The predicted octanol–water partition coefficient (Wildman–Crippen LogP) is 2.25. The van der Waals surface area contributed by atoms with Crippen LogP contribution in [-0.2, 0) is 4.74 Å². The molecule has 0 aromatic carbocycles. The first-order chi connectivity index (χ1) is 8.42. The number of likely N-dealkylation sites (N-methyl/N-ethyl adjacent to an activating group) is 1. The second-order valence-electron chi connectivity index (χ2n) is 7.04. The van der Waals surface area contributed by atoms with Crippen molar-refractivity contribution in [3.05, 3.63) is 0 Å². The number of ether oxygens (including phenoxy) is 1. The lowest BCUT2D eigenvalue weighted by Crippen LogP contribution is -2.51. The first kappa shape index (κ1) is 14.3. The second kappa shape index (κ2) is 5.48. The van der Waals surface area contributed by atoms with Crippen LogP contribution in [0, 0.1) is 11.3 Å². The van der Waals surface area contributed by atoms with Gasteiger partial charge in [-0.1, -0.05) is 20.3 Å². The summed E-state index contributed by atoms with van der Waals surface area (Å²) in [5, 5.41) is 0. The molecule has 0 spiro atoms. The van der Waals surface area contributed by atoms with Crippen LogP contribution in [0.15, 0.2) is 0 Å². The zero-order chi connectivity index (χ0) is 13.3. The van der Waals surface area contributed by atoms with E-state index in [0.29, 0.717) is 29.5 Å². The highest BCUT2D eigenvalue weighted by molar-refractivity contribution is 4.93. The Hall–Kier alpha value is -0.120. The molecular weight excluding hydrogens is 224 g/mol. The fourth-order valence-corrected chi connectivity index (χ4v) is 3.81. The second-order valence-corrected chi connectivity index (χ2v) is 7.04. The van der Waals surface area contributed by atoms with Crippen LogP contribution in [0.1, 0.15) is 46.5 Å². The van der Waals surface area contributed by atoms with Gasteiger partial charge in [0.15, 0.2) is 0 Å². The van der Waals surface area contributed by atoms with Crippen molar-refractivity contribution in [2.24, 2.45) is 17.1 Å². The smallest absolute Gasteiger partial charge is 0.0702 e. The van der Waals surface area contributed by atoms with Gasteiger partial charge in [0.1, 0.15) is 0 Å². The minimum Gasteiger partial charge on any atom is -0.377 e. The lowest BCUT2D eigenvalue weighted by atomic mass is 9.68. The Balaban J connectivity index is 1.92. The molecule has 0 aromatic rings. The number of nitrogens with zero attached hydrogens (tertiary/aromatic N) is 1. The maximum atomic E-state index is 6.48. The number of hydrogen-bond acceptors (Lipinski definition) is 3. The molecule has 2 N–H and O–H groups in total. The summed E-state index contributed by atoms with van der Waals surface area (Å²) in [6.45, 7) is 8.89. The summed E-state index contributed by atoms with van der Waals surface area (Å²) in [6, 6.07) is 0.925. The van der Waals surface area contributed by atoms with Gasteiger partial charge < -0.3 is 15.4 Å². The molecule has 4 unspecified atom stereocenters. The van der Waals surface area contributed by atoms with Crippen molar-refractivity contribution in [2.75, 3.05) is 20.2 Å². The molecule has 0 aromatic heterocycles. The van der Waals surface area contributed by atoms with Crippen molar-refractivity contribution in [3.63, 3.8) is 0 Å². The third-order valence-electron chi connectivity index (χ3n) is 5.23. The van der Waals surface area contributed by atoms with Crippen LogP contribution in [0.25, 0.3) is 0 Å². The largest absolute Gasteiger partial charge is 0.377 e. The van der Waals surface area contributed by atoms with E-state index in [0.717, 1.165) is 13.2 Å². The van der Waals surface area contributed by atoms with Crippen LogP contribution in [0.3, 0.4) is 0 Å². The molecule has 2 fully saturated rings. The third kappa shape index (κ3) is 2.89. The summed E-state index contributed by atoms with van der Waals surface area (Å²) in [4.78, 5) is 2.49. The summed E-state index contributed by atoms with van der Waals surface area (Å²) in [6.07, 6.45) is 5.44. The highest BCUT2D eigenvalue weighted by Gasteiger charge is 2.38. The van der Waals surface area contributed by atoms with Gasteiger partial charge in [0.25, 0.3) is 0 Å².